The predicted molar refractivity (Wildman–Crippen MR) is 115 cm³/mol. The topological polar surface area (TPSA) is 74.2 Å². The number of fused-ring (bicyclic) bond motifs is 1. The number of rotatable bonds is 6. The summed E-state index contributed by atoms with van der Waals surface area (Å²) >= 11 is 0. The van der Waals surface area contributed by atoms with Crippen LogP contribution in [0.15, 0.2) is 36.4 Å². The first-order valence-electron chi connectivity index (χ1n) is 11.1. The van der Waals surface area contributed by atoms with Crippen molar-refractivity contribution < 1.29 is 19.3 Å². The number of carbonyl (C=O) groups excluding carboxylic acids is 3. The number of nitrogens with one attached hydrogen (secondary N) is 2. The first kappa shape index (κ1) is 20.6. The molecular formula is C23H31N4O3+. The van der Waals surface area contributed by atoms with E-state index in [4.69, 9.17) is 0 Å². The SMILES string of the molecule is CC[NH+]1CCN(c2ccc(NC(=O)CCN3C(=O)[C@@H]4CC=CC[C@H]4C3=O)cc2)CC1. The number of hydrogen-bond acceptors (Lipinski definition) is 4. The predicted octanol–water partition coefficient (Wildman–Crippen LogP) is 0.691. The number of likely N-dealkylation sites (N-methyl/N-ethyl adjacent to an activating group) is 1. The van der Waals surface area contributed by atoms with E-state index < -0.39 is 0 Å². The summed E-state index contributed by atoms with van der Waals surface area (Å²) in [5, 5.41) is 2.88. The number of nitrogens with zero attached hydrogens (tertiary/aromatic N) is 2. The zero-order valence-corrected chi connectivity index (χ0v) is 17.6. The fraction of sp³-hybridized carbons (Fsp3) is 0.522. The highest BCUT2D eigenvalue weighted by Crippen LogP contribution is 2.35. The molecule has 2 saturated heterocycles. The number of amides is 3. The number of carbonyl (C=O) groups is 3. The Kier molecular flexibility index (Phi) is 6.18. The lowest BCUT2D eigenvalue weighted by Gasteiger charge is -2.33. The van der Waals surface area contributed by atoms with E-state index in [2.05, 4.69) is 17.1 Å². The van der Waals surface area contributed by atoms with E-state index in [9.17, 15) is 14.4 Å². The van der Waals surface area contributed by atoms with Crippen molar-refractivity contribution >= 4 is 29.1 Å². The Labute approximate surface area is 177 Å². The summed E-state index contributed by atoms with van der Waals surface area (Å²) in [6, 6.07) is 7.91. The van der Waals surface area contributed by atoms with Crippen molar-refractivity contribution in [1.29, 1.82) is 0 Å². The fourth-order valence-electron chi connectivity index (χ4n) is 4.72. The molecule has 0 radical (unpaired) electrons. The maximum absolute atomic E-state index is 12.5. The molecule has 2 fully saturated rings. The van der Waals surface area contributed by atoms with Gasteiger partial charge in [0.15, 0.2) is 0 Å². The lowest BCUT2D eigenvalue weighted by Crippen LogP contribution is -3.14. The number of likely N-dealkylation sites (tertiary alicyclic amines) is 1. The van der Waals surface area contributed by atoms with Crippen molar-refractivity contribution in [3.8, 4) is 0 Å². The van der Waals surface area contributed by atoms with E-state index in [1.165, 1.54) is 17.1 Å². The largest absolute Gasteiger partial charge is 0.360 e. The Hall–Kier alpha value is -2.67. The number of allylic oxidation sites excluding steroid dienone is 2. The number of imide groups is 1. The van der Waals surface area contributed by atoms with Gasteiger partial charge in [0.25, 0.3) is 0 Å². The van der Waals surface area contributed by atoms with Gasteiger partial charge in [0.2, 0.25) is 17.7 Å². The van der Waals surface area contributed by atoms with Crippen molar-refractivity contribution in [2.45, 2.75) is 26.2 Å². The van der Waals surface area contributed by atoms with Gasteiger partial charge in [-0.1, -0.05) is 12.2 Å². The average molecular weight is 412 g/mol. The third kappa shape index (κ3) is 4.26. The third-order valence-corrected chi connectivity index (χ3v) is 6.65. The van der Waals surface area contributed by atoms with Gasteiger partial charge in [-0.05, 0) is 44.0 Å². The summed E-state index contributed by atoms with van der Waals surface area (Å²) in [6.07, 6.45) is 5.31. The fourth-order valence-corrected chi connectivity index (χ4v) is 4.72. The lowest BCUT2D eigenvalue weighted by atomic mass is 9.85. The minimum Gasteiger partial charge on any atom is -0.360 e. The Balaban J connectivity index is 1.26. The number of piperazine rings is 1. The molecule has 2 atom stereocenters. The molecule has 1 aliphatic carbocycles. The molecule has 30 heavy (non-hydrogen) atoms. The molecule has 0 spiro atoms. The van der Waals surface area contributed by atoms with Crippen molar-refractivity contribution in [2.24, 2.45) is 11.8 Å². The van der Waals surface area contributed by atoms with Crippen LogP contribution in [-0.4, -0.2) is 61.9 Å². The summed E-state index contributed by atoms with van der Waals surface area (Å²) in [5.41, 5.74) is 1.91. The van der Waals surface area contributed by atoms with E-state index in [-0.39, 0.29) is 42.5 Å². The van der Waals surface area contributed by atoms with Crippen LogP contribution >= 0.6 is 0 Å². The van der Waals surface area contributed by atoms with E-state index in [1.54, 1.807) is 4.90 Å². The summed E-state index contributed by atoms with van der Waals surface area (Å²) in [4.78, 5) is 42.6. The Morgan fingerprint density at radius 3 is 2.20 bits per heavy atom. The second kappa shape index (κ2) is 9.00. The molecule has 0 aromatic heterocycles. The van der Waals surface area contributed by atoms with Crippen LogP contribution in [0.2, 0.25) is 0 Å². The van der Waals surface area contributed by atoms with Gasteiger partial charge in [-0.25, -0.2) is 0 Å². The van der Waals surface area contributed by atoms with E-state index >= 15 is 0 Å². The van der Waals surface area contributed by atoms with Crippen LogP contribution < -0.4 is 15.1 Å². The molecule has 3 amide bonds. The van der Waals surface area contributed by atoms with E-state index in [0.29, 0.717) is 12.8 Å². The van der Waals surface area contributed by atoms with Crippen LogP contribution in [-0.2, 0) is 14.4 Å². The smallest absolute Gasteiger partial charge is 0.233 e. The molecule has 0 bridgehead atoms. The van der Waals surface area contributed by atoms with Gasteiger partial charge < -0.3 is 15.1 Å². The number of benzene rings is 1. The van der Waals surface area contributed by atoms with Crippen molar-refractivity contribution in [3.63, 3.8) is 0 Å². The molecule has 1 aromatic carbocycles. The molecule has 1 aromatic rings. The van der Waals surface area contributed by atoms with Crippen LogP contribution in [0.25, 0.3) is 0 Å². The molecule has 7 heteroatoms. The maximum Gasteiger partial charge on any atom is 0.233 e. The maximum atomic E-state index is 12.5. The lowest BCUT2D eigenvalue weighted by molar-refractivity contribution is -0.898. The minimum atomic E-state index is -0.237. The monoisotopic (exact) mass is 411 g/mol. The average Bonchev–Trinajstić information content (AvgIpc) is 3.03. The molecule has 7 nitrogen and oxygen atoms in total. The third-order valence-electron chi connectivity index (χ3n) is 6.65. The first-order valence-corrected chi connectivity index (χ1v) is 11.1. The van der Waals surface area contributed by atoms with E-state index in [1.807, 2.05) is 36.4 Å². The molecule has 2 N–H and O–H groups in total. The van der Waals surface area contributed by atoms with Gasteiger partial charge in [0.1, 0.15) is 0 Å². The summed E-state index contributed by atoms with van der Waals surface area (Å²) in [7, 11) is 0. The van der Waals surface area contributed by atoms with Crippen molar-refractivity contribution in [1.82, 2.24) is 4.90 Å². The highest BCUT2D eigenvalue weighted by Gasteiger charge is 2.46. The molecule has 0 saturated carbocycles. The molecular weight excluding hydrogens is 380 g/mol. The second-order valence-electron chi connectivity index (χ2n) is 8.42. The van der Waals surface area contributed by atoms with Crippen LogP contribution in [0.5, 0.6) is 0 Å². The van der Waals surface area contributed by atoms with Crippen molar-refractivity contribution in [3.05, 3.63) is 36.4 Å². The van der Waals surface area contributed by atoms with Gasteiger partial charge in [-0.2, -0.15) is 0 Å². The van der Waals surface area contributed by atoms with Crippen LogP contribution in [0.4, 0.5) is 11.4 Å². The first-order chi connectivity index (χ1) is 14.6. The number of quaternary nitrogens is 1. The summed E-state index contributed by atoms with van der Waals surface area (Å²) < 4.78 is 0. The van der Waals surface area contributed by atoms with Gasteiger partial charge in [-0.15, -0.1) is 0 Å². The van der Waals surface area contributed by atoms with Gasteiger partial charge in [0.05, 0.1) is 44.6 Å². The van der Waals surface area contributed by atoms with Crippen molar-refractivity contribution in [2.75, 3.05) is 49.5 Å². The molecule has 160 valence electrons. The molecule has 0 unspecified atom stereocenters. The Morgan fingerprint density at radius 2 is 1.63 bits per heavy atom. The summed E-state index contributed by atoms with van der Waals surface area (Å²) in [5.74, 6) is -0.915. The molecule has 2 aliphatic heterocycles. The van der Waals surface area contributed by atoms with E-state index in [0.717, 1.165) is 31.9 Å². The highest BCUT2D eigenvalue weighted by molar-refractivity contribution is 6.05. The van der Waals surface area contributed by atoms with Gasteiger partial charge in [-0.3, -0.25) is 19.3 Å². The van der Waals surface area contributed by atoms with Gasteiger partial charge in [0, 0.05) is 24.3 Å². The van der Waals surface area contributed by atoms with Crippen LogP contribution in [0.3, 0.4) is 0 Å². The van der Waals surface area contributed by atoms with Gasteiger partial charge >= 0.3 is 0 Å². The highest BCUT2D eigenvalue weighted by atomic mass is 16.2. The number of anilines is 2. The number of hydrogen-bond donors (Lipinski definition) is 2. The zero-order valence-electron chi connectivity index (χ0n) is 17.6. The second-order valence-corrected chi connectivity index (χ2v) is 8.42. The normalized spacial score (nSPS) is 24.3. The Morgan fingerprint density at radius 1 is 1.03 bits per heavy atom. The molecule has 4 rings (SSSR count). The molecule has 2 heterocycles. The quantitative estimate of drug-likeness (QED) is 0.534. The minimum absolute atomic E-state index is 0.119. The van der Waals surface area contributed by atoms with Crippen LogP contribution in [0.1, 0.15) is 26.2 Å². The van der Waals surface area contributed by atoms with Crippen LogP contribution in [0, 0.1) is 11.8 Å². The standard InChI is InChI=1S/C23H30N4O3/c1-2-25-13-15-26(16-14-25)18-9-7-17(8-10-18)24-21(28)11-12-27-22(29)19-5-3-4-6-20(19)23(27)30/h3-4,7-10,19-20H,2,5-6,11-16H2,1H3,(H,24,28)/p+1/t19-,20-/m1/s1. The summed E-state index contributed by atoms with van der Waals surface area (Å²) in [6.45, 7) is 7.95. The Bertz CT molecular complexity index is 801. The zero-order chi connectivity index (χ0) is 21.1. The molecule has 3 aliphatic rings.